The maximum Gasteiger partial charge on any atom is 0.230 e. The number of hydrogen-bond acceptors (Lipinski definition) is 3. The SMILES string of the molecule is Cn1cccc1CN1CC[C@]2(CCN(Cc3cccnc3)C2=O)C1. The molecule has 1 atom stereocenters. The Morgan fingerprint density at radius 1 is 1.17 bits per heavy atom. The standard InChI is InChI=1S/C19H24N4O/c1-21-9-3-5-17(21)14-22-10-6-19(15-22)7-11-23(18(19)24)13-16-4-2-8-20-12-16/h2-5,8-9,12H,6-7,10-11,13-15H2,1H3/t19-/m0/s1. The summed E-state index contributed by atoms with van der Waals surface area (Å²) in [5.41, 5.74) is 2.26. The summed E-state index contributed by atoms with van der Waals surface area (Å²) in [6.45, 7) is 4.39. The number of carbonyl (C=O) groups excluding carboxylic acids is 1. The molecule has 2 aromatic heterocycles. The van der Waals surface area contributed by atoms with Crippen molar-refractivity contribution in [3.63, 3.8) is 0 Å². The van der Waals surface area contributed by atoms with Crippen molar-refractivity contribution in [2.45, 2.75) is 25.9 Å². The average molecular weight is 324 g/mol. The van der Waals surface area contributed by atoms with Gasteiger partial charge in [-0.15, -0.1) is 0 Å². The topological polar surface area (TPSA) is 41.4 Å². The molecule has 2 aliphatic rings. The van der Waals surface area contributed by atoms with Gasteiger partial charge in [0, 0.05) is 57.5 Å². The monoisotopic (exact) mass is 324 g/mol. The Morgan fingerprint density at radius 2 is 2.04 bits per heavy atom. The molecule has 2 aliphatic heterocycles. The minimum absolute atomic E-state index is 0.159. The number of rotatable bonds is 4. The van der Waals surface area contributed by atoms with E-state index in [1.807, 2.05) is 23.2 Å². The van der Waals surface area contributed by atoms with Crippen LogP contribution in [0.2, 0.25) is 0 Å². The lowest BCUT2D eigenvalue weighted by molar-refractivity contribution is -0.136. The molecule has 1 spiro atoms. The summed E-state index contributed by atoms with van der Waals surface area (Å²) < 4.78 is 2.16. The van der Waals surface area contributed by atoms with Crippen LogP contribution in [0.25, 0.3) is 0 Å². The lowest BCUT2D eigenvalue weighted by Gasteiger charge is -2.24. The van der Waals surface area contributed by atoms with Crippen molar-refractivity contribution in [1.82, 2.24) is 19.4 Å². The van der Waals surface area contributed by atoms with Crippen LogP contribution in [0.4, 0.5) is 0 Å². The summed E-state index contributed by atoms with van der Waals surface area (Å²) in [5.74, 6) is 0.334. The van der Waals surface area contributed by atoms with E-state index in [1.165, 1.54) is 5.69 Å². The number of nitrogens with zero attached hydrogens (tertiary/aromatic N) is 4. The number of aromatic nitrogens is 2. The minimum Gasteiger partial charge on any atom is -0.353 e. The van der Waals surface area contributed by atoms with Crippen LogP contribution in [-0.4, -0.2) is 44.9 Å². The third kappa shape index (κ3) is 2.73. The minimum atomic E-state index is -0.159. The smallest absolute Gasteiger partial charge is 0.230 e. The highest BCUT2D eigenvalue weighted by molar-refractivity contribution is 5.85. The summed E-state index contributed by atoms with van der Waals surface area (Å²) in [7, 11) is 2.08. The van der Waals surface area contributed by atoms with E-state index in [1.54, 1.807) is 6.20 Å². The second kappa shape index (κ2) is 6.06. The first kappa shape index (κ1) is 15.4. The lowest BCUT2D eigenvalue weighted by Crippen LogP contribution is -2.36. The fourth-order valence-corrected chi connectivity index (χ4v) is 4.12. The van der Waals surface area contributed by atoms with Gasteiger partial charge >= 0.3 is 0 Å². The molecule has 2 saturated heterocycles. The quantitative estimate of drug-likeness (QED) is 0.864. The fraction of sp³-hybridized carbons (Fsp3) is 0.474. The largest absolute Gasteiger partial charge is 0.353 e. The van der Waals surface area contributed by atoms with Crippen LogP contribution in [0, 0.1) is 5.41 Å². The normalized spacial score (nSPS) is 24.4. The Hall–Kier alpha value is -2.14. The Balaban J connectivity index is 1.41. The first-order valence-electron chi connectivity index (χ1n) is 8.67. The summed E-state index contributed by atoms with van der Waals surface area (Å²) in [6.07, 6.45) is 7.68. The molecule has 2 fully saturated rings. The molecular weight excluding hydrogens is 300 g/mol. The van der Waals surface area contributed by atoms with E-state index in [0.29, 0.717) is 12.5 Å². The molecule has 0 aromatic carbocycles. The molecule has 24 heavy (non-hydrogen) atoms. The van der Waals surface area contributed by atoms with Gasteiger partial charge in [-0.3, -0.25) is 14.7 Å². The number of amides is 1. The predicted octanol–water partition coefficient (Wildman–Crippen LogP) is 2.04. The van der Waals surface area contributed by atoms with Crippen molar-refractivity contribution in [2.75, 3.05) is 19.6 Å². The zero-order valence-electron chi connectivity index (χ0n) is 14.2. The van der Waals surface area contributed by atoms with Crippen molar-refractivity contribution >= 4 is 5.91 Å². The predicted molar refractivity (Wildman–Crippen MR) is 92.0 cm³/mol. The highest BCUT2D eigenvalue weighted by Gasteiger charge is 2.50. The molecule has 5 heteroatoms. The second-order valence-electron chi connectivity index (χ2n) is 7.19. The molecule has 4 rings (SSSR count). The van der Waals surface area contributed by atoms with Crippen LogP contribution in [0.5, 0.6) is 0 Å². The van der Waals surface area contributed by atoms with E-state index in [2.05, 4.69) is 39.8 Å². The van der Waals surface area contributed by atoms with Gasteiger partial charge in [0.2, 0.25) is 5.91 Å². The highest BCUT2D eigenvalue weighted by Crippen LogP contribution is 2.41. The Kier molecular flexibility index (Phi) is 3.88. The summed E-state index contributed by atoms with van der Waals surface area (Å²) >= 11 is 0. The van der Waals surface area contributed by atoms with Gasteiger partial charge < -0.3 is 9.47 Å². The van der Waals surface area contributed by atoms with Gasteiger partial charge in [0.05, 0.1) is 5.41 Å². The van der Waals surface area contributed by atoms with Crippen molar-refractivity contribution in [3.8, 4) is 0 Å². The van der Waals surface area contributed by atoms with Crippen molar-refractivity contribution in [1.29, 1.82) is 0 Å². The van der Waals surface area contributed by atoms with E-state index < -0.39 is 0 Å². The third-order valence-corrected chi connectivity index (χ3v) is 5.57. The van der Waals surface area contributed by atoms with Gasteiger partial charge in [-0.2, -0.15) is 0 Å². The molecule has 2 aromatic rings. The van der Waals surface area contributed by atoms with Crippen LogP contribution in [-0.2, 0) is 24.9 Å². The van der Waals surface area contributed by atoms with Gasteiger partial charge in [0.1, 0.15) is 0 Å². The highest BCUT2D eigenvalue weighted by atomic mass is 16.2. The van der Waals surface area contributed by atoms with Gasteiger partial charge in [-0.1, -0.05) is 6.07 Å². The maximum absolute atomic E-state index is 13.0. The molecule has 0 unspecified atom stereocenters. The average Bonchev–Trinajstić information content (AvgIpc) is 3.27. The van der Waals surface area contributed by atoms with Crippen molar-refractivity contribution < 1.29 is 4.79 Å². The molecule has 5 nitrogen and oxygen atoms in total. The first-order chi connectivity index (χ1) is 11.7. The lowest BCUT2D eigenvalue weighted by atomic mass is 9.85. The van der Waals surface area contributed by atoms with Crippen LogP contribution in [0.3, 0.4) is 0 Å². The van der Waals surface area contributed by atoms with E-state index in [0.717, 1.165) is 44.6 Å². The van der Waals surface area contributed by atoms with Gasteiger partial charge in [-0.25, -0.2) is 0 Å². The Morgan fingerprint density at radius 3 is 2.79 bits per heavy atom. The van der Waals surface area contributed by atoms with Gasteiger partial charge in [0.15, 0.2) is 0 Å². The molecule has 1 amide bonds. The van der Waals surface area contributed by atoms with Crippen LogP contribution >= 0.6 is 0 Å². The third-order valence-electron chi connectivity index (χ3n) is 5.57. The van der Waals surface area contributed by atoms with E-state index in [-0.39, 0.29) is 5.41 Å². The number of aryl methyl sites for hydroxylation is 1. The molecular formula is C19H24N4O. The van der Waals surface area contributed by atoms with Gasteiger partial charge in [0.25, 0.3) is 0 Å². The number of hydrogen-bond donors (Lipinski definition) is 0. The van der Waals surface area contributed by atoms with E-state index >= 15 is 0 Å². The molecule has 126 valence electrons. The molecule has 4 heterocycles. The Bertz CT molecular complexity index is 726. The molecule has 0 aliphatic carbocycles. The zero-order chi connectivity index (χ0) is 16.6. The molecule has 0 bridgehead atoms. The van der Waals surface area contributed by atoms with Crippen LogP contribution < -0.4 is 0 Å². The molecule has 0 N–H and O–H groups in total. The number of pyridine rings is 1. The zero-order valence-corrected chi connectivity index (χ0v) is 14.2. The van der Waals surface area contributed by atoms with E-state index in [9.17, 15) is 4.79 Å². The summed E-state index contributed by atoms with van der Waals surface area (Å²) in [5, 5.41) is 0. The second-order valence-corrected chi connectivity index (χ2v) is 7.19. The number of likely N-dealkylation sites (tertiary alicyclic amines) is 2. The fourth-order valence-electron chi connectivity index (χ4n) is 4.12. The number of carbonyl (C=O) groups is 1. The summed E-state index contributed by atoms with van der Waals surface area (Å²) in [6, 6.07) is 8.22. The van der Waals surface area contributed by atoms with Crippen molar-refractivity contribution in [2.24, 2.45) is 12.5 Å². The maximum atomic E-state index is 13.0. The molecule has 0 saturated carbocycles. The molecule has 0 radical (unpaired) electrons. The Labute approximate surface area is 142 Å². The van der Waals surface area contributed by atoms with Gasteiger partial charge in [-0.05, 0) is 43.1 Å². The first-order valence-corrected chi connectivity index (χ1v) is 8.67. The summed E-state index contributed by atoms with van der Waals surface area (Å²) in [4.78, 5) is 21.6. The van der Waals surface area contributed by atoms with Crippen LogP contribution in [0.15, 0.2) is 42.9 Å². The van der Waals surface area contributed by atoms with Crippen molar-refractivity contribution in [3.05, 3.63) is 54.1 Å². The van der Waals surface area contributed by atoms with E-state index in [4.69, 9.17) is 0 Å². The van der Waals surface area contributed by atoms with Crippen LogP contribution in [0.1, 0.15) is 24.1 Å².